The van der Waals surface area contributed by atoms with Gasteiger partial charge in [-0.05, 0) is 17.7 Å². The van der Waals surface area contributed by atoms with E-state index in [0.29, 0.717) is 24.5 Å². The fraction of sp³-hybridized carbons (Fsp3) is 0.611. The molecule has 0 saturated carbocycles. The summed E-state index contributed by atoms with van der Waals surface area (Å²) in [7, 11) is 5.72. The van der Waals surface area contributed by atoms with Crippen LogP contribution in [0.4, 0.5) is 0 Å². The topological polar surface area (TPSA) is 38.8 Å². The highest BCUT2D eigenvalue weighted by Gasteiger charge is 2.53. The van der Waals surface area contributed by atoms with Gasteiger partial charge < -0.3 is 9.47 Å². The van der Waals surface area contributed by atoms with Crippen LogP contribution in [0.25, 0.3) is 0 Å². The molecule has 3 aliphatic heterocycles. The molecule has 3 aliphatic rings. The lowest BCUT2D eigenvalue weighted by Crippen LogP contribution is -2.65. The first kappa shape index (κ1) is 14.8. The van der Waals surface area contributed by atoms with E-state index in [1.807, 2.05) is 0 Å². The average molecular weight is 317 g/mol. The van der Waals surface area contributed by atoms with Crippen molar-refractivity contribution in [2.24, 2.45) is 0 Å². The number of hydrogen-bond acceptors (Lipinski definition) is 3. The second-order valence-electron chi connectivity index (χ2n) is 7.14. The minimum absolute atomic E-state index is 0.339. The first-order valence-electron chi connectivity index (χ1n) is 8.47. The minimum atomic E-state index is 0.339. The Morgan fingerprint density at radius 3 is 2.61 bits per heavy atom. The van der Waals surface area contributed by atoms with Crippen LogP contribution in [-0.4, -0.2) is 55.8 Å². The summed E-state index contributed by atoms with van der Waals surface area (Å²) >= 11 is 0. The maximum atomic E-state index is 12.1. The zero-order chi connectivity index (χ0) is 16.2. The van der Waals surface area contributed by atoms with E-state index in [1.54, 1.807) is 14.2 Å². The van der Waals surface area contributed by atoms with Crippen LogP contribution in [0.5, 0.6) is 11.5 Å². The van der Waals surface area contributed by atoms with E-state index in [-0.39, 0.29) is 0 Å². The summed E-state index contributed by atoms with van der Waals surface area (Å²) in [6.45, 7) is 1.97. The zero-order valence-corrected chi connectivity index (χ0v) is 14.2. The molecular formula is C18H25N2O3+. The van der Waals surface area contributed by atoms with Gasteiger partial charge in [-0.15, -0.1) is 0 Å². The maximum Gasteiger partial charge on any atom is 0.227 e. The third-order valence-corrected chi connectivity index (χ3v) is 6.20. The van der Waals surface area contributed by atoms with Crippen molar-refractivity contribution < 1.29 is 18.8 Å². The number of amides is 1. The van der Waals surface area contributed by atoms with Gasteiger partial charge in [-0.2, -0.15) is 0 Å². The second-order valence-corrected chi connectivity index (χ2v) is 7.14. The molecule has 2 fully saturated rings. The molecule has 0 bridgehead atoms. The van der Waals surface area contributed by atoms with Gasteiger partial charge in [0.15, 0.2) is 17.7 Å². The molecule has 3 atom stereocenters. The van der Waals surface area contributed by atoms with E-state index < -0.39 is 0 Å². The van der Waals surface area contributed by atoms with Gasteiger partial charge in [0.25, 0.3) is 0 Å². The quantitative estimate of drug-likeness (QED) is 0.784. The van der Waals surface area contributed by atoms with Crippen molar-refractivity contribution >= 4 is 5.91 Å². The molecule has 23 heavy (non-hydrogen) atoms. The fourth-order valence-electron chi connectivity index (χ4n) is 4.97. The van der Waals surface area contributed by atoms with Crippen molar-refractivity contribution in [1.29, 1.82) is 0 Å². The van der Waals surface area contributed by atoms with Gasteiger partial charge in [0.2, 0.25) is 5.91 Å². The summed E-state index contributed by atoms with van der Waals surface area (Å²) in [5.74, 6) is 1.96. The number of methoxy groups -OCH3 is 2. The summed E-state index contributed by atoms with van der Waals surface area (Å²) in [6.07, 6.45) is 4.11. The zero-order valence-electron chi connectivity index (χ0n) is 14.2. The van der Waals surface area contributed by atoms with Gasteiger partial charge in [0, 0.05) is 37.8 Å². The molecule has 5 nitrogen and oxygen atoms in total. The smallest absolute Gasteiger partial charge is 0.227 e. The molecule has 0 radical (unpaired) electrons. The van der Waals surface area contributed by atoms with E-state index in [2.05, 4.69) is 24.1 Å². The van der Waals surface area contributed by atoms with Crippen molar-refractivity contribution in [2.75, 3.05) is 34.4 Å². The van der Waals surface area contributed by atoms with Gasteiger partial charge in [-0.1, -0.05) is 0 Å². The van der Waals surface area contributed by atoms with Crippen LogP contribution in [0.2, 0.25) is 0 Å². The van der Waals surface area contributed by atoms with Crippen LogP contribution in [-0.2, 0) is 11.2 Å². The third-order valence-electron chi connectivity index (χ3n) is 6.20. The van der Waals surface area contributed by atoms with Crippen LogP contribution in [0.3, 0.4) is 0 Å². The number of ether oxygens (including phenoxy) is 2. The Morgan fingerprint density at radius 1 is 1.13 bits per heavy atom. The highest BCUT2D eigenvalue weighted by Crippen LogP contribution is 2.48. The van der Waals surface area contributed by atoms with Crippen molar-refractivity contribution in [3.63, 3.8) is 0 Å². The number of rotatable bonds is 2. The summed E-state index contributed by atoms with van der Waals surface area (Å²) < 4.78 is 12.0. The van der Waals surface area contributed by atoms with Crippen molar-refractivity contribution in [2.45, 2.75) is 37.9 Å². The molecule has 0 spiro atoms. The van der Waals surface area contributed by atoms with Gasteiger partial charge in [0.1, 0.15) is 6.04 Å². The van der Waals surface area contributed by atoms with Crippen LogP contribution in [0.15, 0.2) is 12.1 Å². The molecule has 2 saturated heterocycles. The summed E-state index contributed by atoms with van der Waals surface area (Å²) in [6, 6.07) is 4.76. The second kappa shape index (κ2) is 5.13. The van der Waals surface area contributed by atoms with Gasteiger partial charge >= 0.3 is 0 Å². The molecule has 0 aliphatic carbocycles. The molecule has 4 rings (SSSR count). The monoisotopic (exact) mass is 317 g/mol. The van der Waals surface area contributed by atoms with E-state index >= 15 is 0 Å². The molecular weight excluding hydrogens is 292 g/mol. The minimum Gasteiger partial charge on any atom is -0.493 e. The summed E-state index contributed by atoms with van der Waals surface area (Å²) in [5.41, 5.74) is 2.76. The molecule has 5 heteroatoms. The molecule has 1 amide bonds. The standard InChI is InChI=1S/C18H25N2O3/c1-20-9-7-12-10-15(22-2)16(23-3)11-13(12)14(20)6-8-19-17(20)4-5-18(19)21/h10-11,14,17H,4-9H2,1-3H3/q+1/t14-,17-,20?/m0/s1. The van der Waals surface area contributed by atoms with Gasteiger partial charge in [-0.25, -0.2) is 0 Å². The molecule has 1 aromatic carbocycles. The first-order valence-corrected chi connectivity index (χ1v) is 8.47. The Morgan fingerprint density at radius 2 is 1.87 bits per heavy atom. The third kappa shape index (κ3) is 1.99. The summed E-state index contributed by atoms with van der Waals surface area (Å²) in [5, 5.41) is 0. The molecule has 124 valence electrons. The van der Waals surface area contributed by atoms with Crippen LogP contribution in [0, 0.1) is 0 Å². The van der Waals surface area contributed by atoms with Gasteiger partial charge in [0.05, 0.1) is 27.8 Å². The van der Waals surface area contributed by atoms with E-state index in [0.717, 1.165) is 48.3 Å². The molecule has 1 unspecified atom stereocenters. The number of hydrogen-bond donors (Lipinski definition) is 0. The average Bonchev–Trinajstić information content (AvgIpc) is 2.95. The number of nitrogens with zero attached hydrogens (tertiary/aromatic N) is 2. The molecule has 3 heterocycles. The SMILES string of the molecule is COc1cc2c(cc1OC)[C@@H]1CCN3C(=O)CC[C@@H]3[N+]1(C)CC2. The lowest BCUT2D eigenvalue weighted by Gasteiger charge is -2.54. The number of quaternary nitrogens is 1. The van der Waals surface area contributed by atoms with Crippen LogP contribution in [0.1, 0.15) is 36.4 Å². The molecule has 1 aromatic rings. The lowest BCUT2D eigenvalue weighted by molar-refractivity contribution is -0.978. The lowest BCUT2D eigenvalue weighted by atomic mass is 9.85. The highest BCUT2D eigenvalue weighted by atomic mass is 16.5. The Hall–Kier alpha value is -1.75. The molecule has 0 N–H and O–H groups in total. The predicted molar refractivity (Wildman–Crippen MR) is 86.4 cm³/mol. The van der Waals surface area contributed by atoms with Gasteiger partial charge in [-0.3, -0.25) is 14.2 Å². The number of likely N-dealkylation sites (N-methyl/N-ethyl adjacent to an activating group) is 1. The fourth-order valence-corrected chi connectivity index (χ4v) is 4.97. The molecule has 0 aromatic heterocycles. The van der Waals surface area contributed by atoms with Crippen LogP contribution < -0.4 is 9.47 Å². The number of benzene rings is 1. The predicted octanol–water partition coefficient (Wildman–Crippen LogP) is 2.10. The number of carbonyl (C=O) groups is 1. The van der Waals surface area contributed by atoms with Crippen molar-refractivity contribution in [3.05, 3.63) is 23.3 Å². The van der Waals surface area contributed by atoms with E-state index in [4.69, 9.17) is 9.47 Å². The Bertz CT molecular complexity index is 660. The normalized spacial score (nSPS) is 32.1. The number of carbonyl (C=O) groups excluding carboxylic acids is 1. The highest BCUT2D eigenvalue weighted by molar-refractivity contribution is 5.78. The number of fused-ring (bicyclic) bond motifs is 5. The Kier molecular flexibility index (Phi) is 3.30. The Labute approximate surface area is 137 Å². The van der Waals surface area contributed by atoms with E-state index in [1.165, 1.54) is 11.1 Å². The first-order chi connectivity index (χ1) is 11.1. The van der Waals surface area contributed by atoms with Crippen LogP contribution >= 0.6 is 0 Å². The Balaban J connectivity index is 1.77. The summed E-state index contributed by atoms with van der Waals surface area (Å²) in [4.78, 5) is 14.3. The van der Waals surface area contributed by atoms with Crippen molar-refractivity contribution in [3.8, 4) is 11.5 Å². The largest absolute Gasteiger partial charge is 0.493 e. The maximum absolute atomic E-state index is 12.1. The van der Waals surface area contributed by atoms with Crippen molar-refractivity contribution in [1.82, 2.24) is 4.90 Å². The van der Waals surface area contributed by atoms with E-state index in [9.17, 15) is 4.79 Å².